The van der Waals surface area contributed by atoms with Crippen LogP contribution in [0.5, 0.6) is 0 Å². The van der Waals surface area contributed by atoms with Gasteiger partial charge in [0, 0.05) is 70.6 Å². The molecular formula is C50H26Cl8CoN4S6. The number of aliphatic imine (C=N–C) groups is 2. The molecule has 6 heterocycles. The largest absolute Gasteiger partial charge is 2.00 e. The van der Waals surface area contributed by atoms with Crippen molar-refractivity contribution in [2.75, 3.05) is 0 Å². The van der Waals surface area contributed by atoms with Crippen LogP contribution in [0.3, 0.4) is 0 Å². The first kappa shape index (κ1) is 52.7. The maximum absolute atomic E-state index is 6.59. The van der Waals surface area contributed by atoms with Gasteiger partial charge in [0.05, 0.1) is 21.5 Å². The Labute approximate surface area is 473 Å². The van der Waals surface area contributed by atoms with Crippen LogP contribution in [-0.2, 0) is 16.8 Å². The predicted molar refractivity (Wildman–Crippen MR) is 299 cm³/mol. The minimum Gasteiger partial charge on any atom is -0.650 e. The molecule has 347 valence electrons. The third kappa shape index (κ3) is 13.5. The molecule has 0 bridgehead atoms. The topological polar surface area (TPSA) is 52.9 Å². The molecule has 0 atom stereocenters. The number of allylic oxidation sites excluding steroid dienone is 2. The molecule has 2 aliphatic rings. The van der Waals surface area contributed by atoms with Gasteiger partial charge in [-0.05, 0) is 132 Å². The number of nitrogens with zero attached hydrogens (tertiary/aromatic N) is 4. The van der Waals surface area contributed by atoms with Crippen molar-refractivity contribution < 1.29 is 16.8 Å². The molecule has 0 N–H and O–H groups in total. The zero-order valence-corrected chi connectivity index (χ0v) is 46.6. The Morgan fingerprint density at radius 2 is 0.739 bits per heavy atom. The monoisotopic (exact) mass is 1210 g/mol. The summed E-state index contributed by atoms with van der Waals surface area (Å²) < 4.78 is 0. The Hall–Kier alpha value is -2.63. The van der Waals surface area contributed by atoms with Crippen molar-refractivity contribution in [2.45, 2.75) is 29.6 Å². The number of hydrogen-bond donors (Lipinski definition) is 0. The van der Waals surface area contributed by atoms with E-state index >= 15 is 0 Å². The third-order valence-electron chi connectivity index (χ3n) is 9.43. The predicted octanol–water partition coefficient (Wildman–Crippen LogP) is 19.8. The van der Waals surface area contributed by atoms with Gasteiger partial charge < -0.3 is 9.97 Å². The van der Waals surface area contributed by atoms with E-state index < -0.39 is 0 Å². The van der Waals surface area contributed by atoms with Crippen molar-refractivity contribution >= 4 is 184 Å². The molecule has 0 saturated heterocycles. The Morgan fingerprint density at radius 1 is 0.420 bits per heavy atom. The molecule has 1 radical (unpaired) electrons. The summed E-state index contributed by atoms with van der Waals surface area (Å²) in [5.74, 6) is 0. The number of thioether (sulfide) groups is 2. The summed E-state index contributed by atoms with van der Waals surface area (Å²) >= 11 is 59.6. The molecule has 0 unspecified atom stereocenters. The maximum Gasteiger partial charge on any atom is 2.00 e. The van der Waals surface area contributed by atoms with Gasteiger partial charge in [-0.3, -0.25) is 0 Å². The molecule has 4 nitrogen and oxygen atoms in total. The third-order valence-corrected chi connectivity index (χ3v) is 17.9. The van der Waals surface area contributed by atoms with Gasteiger partial charge in [0.15, 0.2) is 0 Å². The van der Waals surface area contributed by atoms with Crippen LogP contribution in [0.2, 0.25) is 30.1 Å². The van der Waals surface area contributed by atoms with E-state index in [0.717, 1.165) is 83.4 Å². The SMILES string of the molecule is ClC1=C/C(=C(/c2cc(Cl)c(Sc3ccc(Cl)cc3)[n-]2)c2cccs2)N=C1Sc1ccc(Cl)cc1.ClC1=C/C(=C(/c2cc(Cl)c(Sc3ccc(Cl)cc3)[n-]2)c2cccs2)N=C1Sc1ccc(Cl)cc1.[Co+2]. The van der Waals surface area contributed by atoms with Crippen LogP contribution in [0.4, 0.5) is 0 Å². The first-order chi connectivity index (χ1) is 32.9. The Morgan fingerprint density at radius 3 is 1.04 bits per heavy atom. The van der Waals surface area contributed by atoms with Crippen LogP contribution >= 0.6 is 163 Å². The minimum atomic E-state index is 0. The van der Waals surface area contributed by atoms with Crippen LogP contribution in [-0.4, -0.2) is 10.1 Å². The summed E-state index contributed by atoms with van der Waals surface area (Å²) in [6, 6.07) is 42.2. The van der Waals surface area contributed by atoms with Gasteiger partial charge in [0.1, 0.15) is 10.1 Å². The average molecular weight is 1220 g/mol. The first-order valence-electron chi connectivity index (χ1n) is 19.8. The van der Waals surface area contributed by atoms with Crippen LogP contribution in [0, 0.1) is 0 Å². The fraction of sp³-hybridized carbons (Fsp3) is 0. The molecule has 0 amide bonds. The van der Waals surface area contributed by atoms with Crippen molar-refractivity contribution in [2.24, 2.45) is 9.98 Å². The van der Waals surface area contributed by atoms with Crippen molar-refractivity contribution in [3.05, 3.63) is 229 Å². The van der Waals surface area contributed by atoms with Gasteiger partial charge in [0.25, 0.3) is 0 Å². The van der Waals surface area contributed by atoms with Crippen LogP contribution in [0.1, 0.15) is 21.1 Å². The fourth-order valence-electron chi connectivity index (χ4n) is 6.37. The summed E-state index contributed by atoms with van der Waals surface area (Å²) in [6.45, 7) is 0. The Bertz CT molecular complexity index is 3070. The van der Waals surface area contributed by atoms with Crippen LogP contribution in [0.25, 0.3) is 11.1 Å². The van der Waals surface area contributed by atoms with Crippen LogP contribution in [0.15, 0.2) is 217 Å². The van der Waals surface area contributed by atoms with Gasteiger partial charge in [-0.1, -0.05) is 151 Å². The van der Waals surface area contributed by atoms with Crippen molar-refractivity contribution in [3.8, 4) is 0 Å². The number of benzene rings is 4. The molecule has 4 aromatic carbocycles. The second kappa shape index (κ2) is 24.4. The number of halogens is 8. The summed E-state index contributed by atoms with van der Waals surface area (Å²) in [4.78, 5) is 25.5. The van der Waals surface area contributed by atoms with E-state index in [2.05, 4.69) is 0 Å². The number of hydrogen-bond acceptors (Lipinski definition) is 8. The van der Waals surface area contributed by atoms with E-state index in [1.165, 1.54) is 47.0 Å². The van der Waals surface area contributed by atoms with E-state index in [4.69, 9.17) is 113 Å². The number of rotatable bonds is 10. The van der Waals surface area contributed by atoms with Gasteiger partial charge in [-0.2, -0.15) is 0 Å². The molecule has 0 saturated carbocycles. The van der Waals surface area contributed by atoms with Crippen molar-refractivity contribution in [1.82, 2.24) is 9.97 Å². The fourth-order valence-corrected chi connectivity index (χ4v) is 12.7. The molecule has 10 rings (SSSR count). The van der Waals surface area contributed by atoms with Crippen LogP contribution < -0.4 is 9.97 Å². The molecule has 19 heteroatoms. The first-order valence-corrected chi connectivity index (χ1v) is 27.9. The molecule has 2 aliphatic heterocycles. The molecule has 69 heavy (non-hydrogen) atoms. The van der Waals surface area contributed by atoms with E-state index in [-0.39, 0.29) is 16.8 Å². The molecular weight excluding hydrogens is 1190 g/mol. The normalized spacial score (nSPS) is 14.6. The summed E-state index contributed by atoms with van der Waals surface area (Å²) in [5.41, 5.74) is 4.79. The standard InChI is InChI=1S/2C25H13Cl4N2S3.Co/c2*26-14-3-7-16(8-4-14)33-24-18(28)12-20(30-24)23(22-2-1-11-32-22)21-13-19(29)25(31-21)34-17-9-5-15(27)6-10-17;/h2*1-13H;/q2*-1;+2/b2*23-20+;. The quantitative estimate of drug-likeness (QED) is 0.136. The van der Waals surface area contributed by atoms with Crippen molar-refractivity contribution in [1.29, 1.82) is 0 Å². The molecule has 8 aromatic rings. The zero-order valence-electron chi connectivity index (χ0n) is 34.6. The van der Waals surface area contributed by atoms with Crippen molar-refractivity contribution in [3.63, 3.8) is 0 Å². The number of thiophene rings is 2. The summed E-state index contributed by atoms with van der Waals surface area (Å²) in [7, 11) is 0. The smallest absolute Gasteiger partial charge is 0.650 e. The zero-order chi connectivity index (χ0) is 47.3. The average Bonchev–Trinajstić information content (AvgIpc) is 4.21. The van der Waals surface area contributed by atoms with E-state index in [1.807, 2.05) is 156 Å². The van der Waals surface area contributed by atoms with Gasteiger partial charge in [-0.25, -0.2) is 9.98 Å². The van der Waals surface area contributed by atoms with Gasteiger partial charge >= 0.3 is 16.8 Å². The molecule has 0 aliphatic carbocycles. The molecule has 0 spiro atoms. The Balaban J connectivity index is 0.000000183. The Kier molecular flexibility index (Phi) is 18.6. The molecule has 0 fully saturated rings. The minimum absolute atomic E-state index is 0. The van der Waals surface area contributed by atoms with Gasteiger partial charge in [0.2, 0.25) is 0 Å². The van der Waals surface area contributed by atoms with E-state index in [1.54, 1.807) is 22.7 Å². The van der Waals surface area contributed by atoms with E-state index in [0.29, 0.717) is 40.2 Å². The number of aromatic nitrogens is 2. The van der Waals surface area contributed by atoms with Gasteiger partial charge in [-0.15, -0.1) is 57.6 Å². The van der Waals surface area contributed by atoms with E-state index in [9.17, 15) is 0 Å². The summed E-state index contributed by atoms with van der Waals surface area (Å²) in [5, 5.41) is 12.0. The molecule has 4 aromatic heterocycles. The maximum atomic E-state index is 6.59. The summed E-state index contributed by atoms with van der Waals surface area (Å²) in [6.07, 6.45) is 3.76. The second-order valence-electron chi connectivity index (χ2n) is 14.1. The second-order valence-corrected chi connectivity index (χ2v) is 23.6.